The Morgan fingerprint density at radius 1 is 1.50 bits per heavy atom. The maximum atomic E-state index is 9.51. The van der Waals surface area contributed by atoms with Gasteiger partial charge in [-0.3, -0.25) is 5.32 Å². The third kappa shape index (κ3) is 2.41. The van der Waals surface area contributed by atoms with Crippen LogP contribution in [0.4, 0.5) is 0 Å². The first-order chi connectivity index (χ1) is 6.65. The molecule has 0 aliphatic carbocycles. The molecule has 74 valence electrons. The summed E-state index contributed by atoms with van der Waals surface area (Å²) in [5, 5.41) is 21.6. The van der Waals surface area contributed by atoms with Crippen LogP contribution in [-0.4, -0.2) is 16.8 Å². The topological polar surface area (TPSA) is 52.5 Å². The number of terminal acetylenes is 1. The normalized spacial score (nSPS) is 12.0. The average Bonchev–Trinajstić information content (AvgIpc) is 2.14. The summed E-state index contributed by atoms with van der Waals surface area (Å²) in [6, 6.07) is 4.47. The van der Waals surface area contributed by atoms with Crippen molar-refractivity contribution in [3.8, 4) is 23.8 Å². The van der Waals surface area contributed by atoms with E-state index in [-0.39, 0.29) is 17.5 Å². The lowest BCUT2D eigenvalue weighted by molar-refractivity contribution is 0.438. The number of hydrogen-bond donors (Lipinski definition) is 3. The first kappa shape index (κ1) is 10.4. The molecule has 1 atom stereocenters. The van der Waals surface area contributed by atoms with Gasteiger partial charge >= 0.3 is 0 Å². The number of hydrogen-bond acceptors (Lipinski definition) is 3. The quantitative estimate of drug-likeness (QED) is 0.633. The fourth-order valence-corrected chi connectivity index (χ4v) is 1.22. The van der Waals surface area contributed by atoms with Crippen molar-refractivity contribution in [2.75, 3.05) is 6.54 Å². The molecule has 14 heavy (non-hydrogen) atoms. The number of rotatable bonds is 3. The molecular formula is C11H13NO2. The van der Waals surface area contributed by atoms with E-state index in [9.17, 15) is 5.11 Å². The van der Waals surface area contributed by atoms with E-state index in [1.54, 1.807) is 6.07 Å². The zero-order chi connectivity index (χ0) is 10.6. The van der Waals surface area contributed by atoms with Crippen LogP contribution in [0, 0.1) is 12.3 Å². The van der Waals surface area contributed by atoms with Crippen LogP contribution in [0.3, 0.4) is 0 Å². The lowest BCUT2D eigenvalue weighted by Gasteiger charge is -2.13. The largest absolute Gasteiger partial charge is 0.508 e. The van der Waals surface area contributed by atoms with Crippen molar-refractivity contribution in [1.29, 1.82) is 0 Å². The summed E-state index contributed by atoms with van der Waals surface area (Å²) in [6.45, 7) is 2.34. The summed E-state index contributed by atoms with van der Waals surface area (Å²) in [5.41, 5.74) is 0.720. The highest BCUT2D eigenvalue weighted by atomic mass is 16.3. The van der Waals surface area contributed by atoms with E-state index in [1.165, 1.54) is 12.1 Å². The molecule has 3 nitrogen and oxygen atoms in total. The SMILES string of the molecule is C#CCNC(C)c1ccc(O)cc1O. The molecule has 0 spiro atoms. The Labute approximate surface area is 83.4 Å². The van der Waals surface area contributed by atoms with Gasteiger partial charge in [0.1, 0.15) is 11.5 Å². The standard InChI is InChI=1S/C11H13NO2/c1-3-6-12-8(2)10-5-4-9(13)7-11(10)14/h1,4-5,7-8,12-14H,6H2,2H3. The van der Waals surface area contributed by atoms with E-state index < -0.39 is 0 Å². The summed E-state index contributed by atoms with van der Waals surface area (Å²) in [6.07, 6.45) is 5.10. The summed E-state index contributed by atoms with van der Waals surface area (Å²) in [5.74, 6) is 2.58. The van der Waals surface area contributed by atoms with Crippen molar-refractivity contribution in [1.82, 2.24) is 5.32 Å². The van der Waals surface area contributed by atoms with Crippen molar-refractivity contribution >= 4 is 0 Å². The Kier molecular flexibility index (Phi) is 3.38. The minimum absolute atomic E-state index is 0.0355. The molecule has 0 heterocycles. The van der Waals surface area contributed by atoms with Crippen LogP contribution < -0.4 is 5.32 Å². The molecule has 0 saturated carbocycles. The molecule has 0 saturated heterocycles. The minimum Gasteiger partial charge on any atom is -0.508 e. The zero-order valence-corrected chi connectivity index (χ0v) is 7.99. The van der Waals surface area contributed by atoms with E-state index in [1.807, 2.05) is 6.92 Å². The lowest BCUT2D eigenvalue weighted by Crippen LogP contribution is -2.18. The Balaban J connectivity index is 2.80. The van der Waals surface area contributed by atoms with E-state index in [2.05, 4.69) is 11.2 Å². The predicted molar refractivity (Wildman–Crippen MR) is 55.0 cm³/mol. The Bertz CT molecular complexity index is 355. The lowest BCUT2D eigenvalue weighted by atomic mass is 10.1. The molecule has 1 rings (SSSR count). The first-order valence-electron chi connectivity index (χ1n) is 4.34. The van der Waals surface area contributed by atoms with E-state index >= 15 is 0 Å². The molecule has 3 heteroatoms. The molecule has 1 unspecified atom stereocenters. The highest BCUT2D eigenvalue weighted by Gasteiger charge is 2.09. The van der Waals surface area contributed by atoms with Crippen LogP contribution in [0.5, 0.6) is 11.5 Å². The molecule has 0 amide bonds. The summed E-state index contributed by atoms with van der Waals surface area (Å²) in [4.78, 5) is 0. The molecule has 0 aliphatic heterocycles. The van der Waals surface area contributed by atoms with Crippen LogP contribution in [0.15, 0.2) is 18.2 Å². The second-order valence-electron chi connectivity index (χ2n) is 3.05. The monoisotopic (exact) mass is 191 g/mol. The fourth-order valence-electron chi connectivity index (χ4n) is 1.22. The van der Waals surface area contributed by atoms with Gasteiger partial charge in [0.2, 0.25) is 0 Å². The van der Waals surface area contributed by atoms with Crippen molar-refractivity contribution in [2.24, 2.45) is 0 Å². The molecule has 0 radical (unpaired) electrons. The number of aromatic hydroxyl groups is 2. The van der Waals surface area contributed by atoms with Gasteiger partial charge in [0, 0.05) is 17.7 Å². The summed E-state index contributed by atoms with van der Waals surface area (Å²) in [7, 11) is 0. The van der Waals surface area contributed by atoms with E-state index in [0.717, 1.165) is 5.56 Å². The highest BCUT2D eigenvalue weighted by molar-refractivity contribution is 5.40. The van der Waals surface area contributed by atoms with Gasteiger partial charge in [0.25, 0.3) is 0 Å². The maximum absolute atomic E-state index is 9.51. The van der Waals surface area contributed by atoms with Crippen LogP contribution in [-0.2, 0) is 0 Å². The van der Waals surface area contributed by atoms with Gasteiger partial charge in [-0.25, -0.2) is 0 Å². The molecule has 0 aromatic heterocycles. The molecule has 1 aromatic rings. The molecular weight excluding hydrogens is 178 g/mol. The maximum Gasteiger partial charge on any atom is 0.124 e. The van der Waals surface area contributed by atoms with Crippen molar-refractivity contribution in [3.63, 3.8) is 0 Å². The summed E-state index contributed by atoms with van der Waals surface area (Å²) < 4.78 is 0. The number of benzene rings is 1. The average molecular weight is 191 g/mol. The molecule has 1 aromatic carbocycles. The Morgan fingerprint density at radius 3 is 2.79 bits per heavy atom. The number of phenolic OH excluding ortho intramolecular Hbond substituents is 2. The third-order valence-corrected chi connectivity index (χ3v) is 1.99. The van der Waals surface area contributed by atoms with E-state index in [4.69, 9.17) is 11.5 Å². The van der Waals surface area contributed by atoms with Gasteiger partial charge in [-0.2, -0.15) is 0 Å². The van der Waals surface area contributed by atoms with Crippen molar-refractivity contribution < 1.29 is 10.2 Å². The highest BCUT2D eigenvalue weighted by Crippen LogP contribution is 2.27. The van der Waals surface area contributed by atoms with Gasteiger partial charge in [-0.1, -0.05) is 12.0 Å². The van der Waals surface area contributed by atoms with Crippen LogP contribution >= 0.6 is 0 Å². The second kappa shape index (κ2) is 4.54. The van der Waals surface area contributed by atoms with Gasteiger partial charge in [0.15, 0.2) is 0 Å². The molecule has 3 N–H and O–H groups in total. The fraction of sp³-hybridized carbons (Fsp3) is 0.273. The van der Waals surface area contributed by atoms with Crippen LogP contribution in [0.1, 0.15) is 18.5 Å². The number of nitrogens with one attached hydrogen (secondary N) is 1. The Morgan fingerprint density at radius 2 is 2.21 bits per heavy atom. The minimum atomic E-state index is -0.0355. The molecule has 0 bridgehead atoms. The van der Waals surface area contributed by atoms with Gasteiger partial charge in [0.05, 0.1) is 6.54 Å². The van der Waals surface area contributed by atoms with Crippen LogP contribution in [0.25, 0.3) is 0 Å². The van der Waals surface area contributed by atoms with Crippen molar-refractivity contribution in [3.05, 3.63) is 23.8 Å². The smallest absolute Gasteiger partial charge is 0.124 e. The third-order valence-electron chi connectivity index (χ3n) is 1.99. The first-order valence-corrected chi connectivity index (χ1v) is 4.34. The van der Waals surface area contributed by atoms with Gasteiger partial charge < -0.3 is 10.2 Å². The summed E-state index contributed by atoms with van der Waals surface area (Å²) >= 11 is 0. The molecule has 0 fully saturated rings. The van der Waals surface area contributed by atoms with Gasteiger partial charge in [-0.05, 0) is 13.0 Å². The molecule has 0 aliphatic rings. The van der Waals surface area contributed by atoms with E-state index in [0.29, 0.717) is 6.54 Å². The van der Waals surface area contributed by atoms with Crippen LogP contribution in [0.2, 0.25) is 0 Å². The Hall–Kier alpha value is -1.66. The second-order valence-corrected chi connectivity index (χ2v) is 3.05. The predicted octanol–water partition coefficient (Wildman–Crippen LogP) is 1.38. The van der Waals surface area contributed by atoms with Crippen molar-refractivity contribution in [2.45, 2.75) is 13.0 Å². The zero-order valence-electron chi connectivity index (χ0n) is 7.99. The number of phenols is 2. The van der Waals surface area contributed by atoms with Gasteiger partial charge in [-0.15, -0.1) is 6.42 Å².